The van der Waals surface area contributed by atoms with E-state index < -0.39 is 26.2 Å². The minimum Gasteiger partial charge on any atom is -0.392 e. The van der Waals surface area contributed by atoms with Crippen molar-refractivity contribution in [3.05, 3.63) is 59.2 Å². The maximum absolute atomic E-state index is 13.0. The molecule has 3 rings (SSSR count). The zero-order valence-corrected chi connectivity index (χ0v) is 20.5. The summed E-state index contributed by atoms with van der Waals surface area (Å²) >= 11 is 0. The first-order valence-electron chi connectivity index (χ1n) is 10.6. The average molecular weight is 496 g/mol. The second kappa shape index (κ2) is 9.90. The van der Waals surface area contributed by atoms with Crippen molar-refractivity contribution in [1.82, 2.24) is 13.9 Å². The Morgan fingerprint density at radius 2 is 1.52 bits per heavy atom. The van der Waals surface area contributed by atoms with E-state index in [0.29, 0.717) is 5.56 Å². The van der Waals surface area contributed by atoms with Gasteiger partial charge in [-0.05, 0) is 68.3 Å². The number of carbonyl (C=O) groups is 1. The number of benzene rings is 2. The molecule has 2 aromatic rings. The number of rotatable bonds is 7. The quantitative estimate of drug-likeness (QED) is 0.593. The van der Waals surface area contributed by atoms with Crippen molar-refractivity contribution in [2.24, 2.45) is 0 Å². The zero-order chi connectivity index (χ0) is 24.4. The van der Waals surface area contributed by atoms with E-state index >= 15 is 0 Å². The molecule has 0 aliphatic carbocycles. The van der Waals surface area contributed by atoms with Gasteiger partial charge >= 0.3 is 0 Å². The van der Waals surface area contributed by atoms with E-state index in [-0.39, 0.29) is 48.4 Å². The van der Waals surface area contributed by atoms with E-state index in [4.69, 9.17) is 0 Å². The fraction of sp³-hybridized carbons (Fsp3) is 0.409. The molecule has 1 atom stereocenters. The molecule has 1 aliphatic rings. The number of carbonyl (C=O) groups excluding carboxylic acids is 1. The van der Waals surface area contributed by atoms with Crippen molar-refractivity contribution in [3.63, 3.8) is 0 Å². The fourth-order valence-electron chi connectivity index (χ4n) is 3.43. The van der Waals surface area contributed by atoms with Gasteiger partial charge in [0, 0.05) is 38.3 Å². The minimum absolute atomic E-state index is 0.0102. The highest BCUT2D eigenvalue weighted by Crippen LogP contribution is 2.21. The van der Waals surface area contributed by atoms with Crippen molar-refractivity contribution in [2.45, 2.75) is 36.7 Å². The Labute approximate surface area is 195 Å². The van der Waals surface area contributed by atoms with E-state index in [1.54, 1.807) is 23.1 Å². The molecule has 1 aliphatic heterocycles. The molecule has 1 amide bonds. The maximum Gasteiger partial charge on any atom is 0.253 e. The van der Waals surface area contributed by atoms with Crippen LogP contribution in [-0.2, 0) is 20.0 Å². The van der Waals surface area contributed by atoms with E-state index in [1.165, 1.54) is 35.5 Å². The molecule has 9 nitrogen and oxygen atoms in total. The molecule has 0 spiro atoms. The van der Waals surface area contributed by atoms with Crippen molar-refractivity contribution in [1.29, 1.82) is 0 Å². The van der Waals surface area contributed by atoms with Crippen LogP contribution >= 0.6 is 0 Å². The third-order valence-electron chi connectivity index (χ3n) is 5.62. The van der Waals surface area contributed by atoms with Crippen molar-refractivity contribution < 1.29 is 26.7 Å². The Hall–Kier alpha value is -2.31. The second-order valence-corrected chi connectivity index (χ2v) is 11.9. The largest absolute Gasteiger partial charge is 0.392 e. The summed E-state index contributed by atoms with van der Waals surface area (Å²) < 4.78 is 54.1. The first kappa shape index (κ1) is 25.3. The van der Waals surface area contributed by atoms with Gasteiger partial charge in [-0.3, -0.25) is 4.79 Å². The van der Waals surface area contributed by atoms with Crippen LogP contribution in [-0.4, -0.2) is 75.9 Å². The van der Waals surface area contributed by atoms with Crippen LogP contribution in [0, 0.1) is 13.8 Å². The van der Waals surface area contributed by atoms with Gasteiger partial charge < -0.3 is 10.0 Å². The fourth-order valence-corrected chi connectivity index (χ4v) is 6.06. The van der Waals surface area contributed by atoms with Gasteiger partial charge in [0.15, 0.2) is 0 Å². The Bertz CT molecular complexity index is 1220. The Morgan fingerprint density at radius 3 is 2.06 bits per heavy atom. The van der Waals surface area contributed by atoms with Gasteiger partial charge in [-0.1, -0.05) is 6.07 Å². The number of nitrogens with one attached hydrogen (secondary N) is 1. The lowest BCUT2D eigenvalue weighted by Gasteiger charge is -2.34. The predicted molar refractivity (Wildman–Crippen MR) is 124 cm³/mol. The van der Waals surface area contributed by atoms with Gasteiger partial charge in [-0.2, -0.15) is 4.31 Å². The molecule has 33 heavy (non-hydrogen) atoms. The molecular formula is C22H29N3O6S2. The van der Waals surface area contributed by atoms with Gasteiger partial charge in [0.1, 0.15) is 0 Å². The van der Waals surface area contributed by atoms with Crippen LogP contribution in [0.5, 0.6) is 0 Å². The normalized spacial score (nSPS) is 16.5. The molecule has 0 radical (unpaired) electrons. The number of aliphatic hydroxyl groups excluding tert-OH is 1. The van der Waals surface area contributed by atoms with Gasteiger partial charge in [0.2, 0.25) is 20.0 Å². The predicted octanol–water partition coefficient (Wildman–Crippen LogP) is 1.11. The SMILES string of the molecule is Cc1ccc(S(=O)(=O)N2CCN(C(=O)c3ccc(S(=O)(=O)NCC(C)O)cc3)CC2)cc1C. The van der Waals surface area contributed by atoms with Crippen LogP contribution in [0.2, 0.25) is 0 Å². The number of sulfonamides is 2. The number of hydrogen-bond acceptors (Lipinski definition) is 6. The minimum atomic E-state index is -3.79. The van der Waals surface area contributed by atoms with Crippen molar-refractivity contribution >= 4 is 26.0 Å². The standard InChI is InChI=1S/C22H29N3O6S2/c1-16-4-7-21(14-17(16)2)33(30,31)25-12-10-24(11-13-25)22(27)19-5-8-20(9-6-19)32(28,29)23-15-18(3)26/h4-9,14,18,23,26H,10-13,15H2,1-3H3. The molecule has 2 N–H and O–H groups in total. The summed E-state index contributed by atoms with van der Waals surface area (Å²) in [5.41, 5.74) is 2.23. The van der Waals surface area contributed by atoms with Crippen molar-refractivity contribution in [2.75, 3.05) is 32.7 Å². The molecule has 0 aromatic heterocycles. The topological polar surface area (TPSA) is 124 Å². The average Bonchev–Trinajstić information content (AvgIpc) is 2.79. The lowest BCUT2D eigenvalue weighted by Crippen LogP contribution is -2.50. The molecular weight excluding hydrogens is 466 g/mol. The second-order valence-electron chi connectivity index (χ2n) is 8.17. The van der Waals surface area contributed by atoms with Crippen LogP contribution in [0.4, 0.5) is 0 Å². The number of amides is 1. The summed E-state index contributed by atoms with van der Waals surface area (Å²) in [5.74, 6) is -0.292. The maximum atomic E-state index is 13.0. The number of nitrogens with zero attached hydrogens (tertiary/aromatic N) is 2. The smallest absolute Gasteiger partial charge is 0.253 e. The highest BCUT2D eigenvalue weighted by atomic mass is 32.2. The highest BCUT2D eigenvalue weighted by molar-refractivity contribution is 7.89. The molecule has 1 unspecified atom stereocenters. The summed E-state index contributed by atoms with van der Waals surface area (Å²) in [7, 11) is -7.43. The number of aliphatic hydroxyl groups is 1. The summed E-state index contributed by atoms with van der Waals surface area (Å²) in [6, 6.07) is 10.6. The van der Waals surface area contributed by atoms with Crippen LogP contribution in [0.3, 0.4) is 0 Å². The van der Waals surface area contributed by atoms with E-state index in [9.17, 15) is 26.7 Å². The summed E-state index contributed by atoms with van der Waals surface area (Å²) in [6.07, 6.45) is -0.821. The molecule has 1 heterocycles. The van der Waals surface area contributed by atoms with Crippen molar-refractivity contribution in [3.8, 4) is 0 Å². The molecule has 0 saturated carbocycles. The van der Waals surface area contributed by atoms with Gasteiger partial charge in [0.05, 0.1) is 15.9 Å². The third-order valence-corrected chi connectivity index (χ3v) is 8.96. The van der Waals surface area contributed by atoms with Gasteiger partial charge in [0.25, 0.3) is 5.91 Å². The molecule has 0 bridgehead atoms. The molecule has 2 aromatic carbocycles. The Morgan fingerprint density at radius 1 is 0.939 bits per heavy atom. The molecule has 1 saturated heterocycles. The first-order valence-corrected chi connectivity index (χ1v) is 13.5. The Balaban J connectivity index is 1.65. The lowest BCUT2D eigenvalue weighted by molar-refractivity contribution is 0.0698. The van der Waals surface area contributed by atoms with E-state index in [1.807, 2.05) is 13.8 Å². The summed E-state index contributed by atoms with van der Waals surface area (Å²) in [6.45, 7) is 5.97. The number of piperazine rings is 1. The van der Waals surface area contributed by atoms with E-state index in [0.717, 1.165) is 11.1 Å². The molecule has 180 valence electrons. The first-order chi connectivity index (χ1) is 15.4. The third kappa shape index (κ3) is 5.79. The summed E-state index contributed by atoms with van der Waals surface area (Å²) in [5, 5.41) is 9.26. The number of hydrogen-bond donors (Lipinski definition) is 2. The molecule has 11 heteroatoms. The van der Waals surface area contributed by atoms with Crippen LogP contribution in [0.15, 0.2) is 52.3 Å². The van der Waals surface area contributed by atoms with Crippen LogP contribution in [0.1, 0.15) is 28.4 Å². The monoisotopic (exact) mass is 495 g/mol. The molecule has 1 fully saturated rings. The van der Waals surface area contributed by atoms with Crippen LogP contribution in [0.25, 0.3) is 0 Å². The highest BCUT2D eigenvalue weighted by Gasteiger charge is 2.30. The summed E-state index contributed by atoms with van der Waals surface area (Å²) in [4.78, 5) is 14.6. The Kier molecular flexibility index (Phi) is 7.59. The zero-order valence-electron chi connectivity index (χ0n) is 18.9. The van der Waals surface area contributed by atoms with Crippen LogP contribution < -0.4 is 4.72 Å². The van der Waals surface area contributed by atoms with E-state index in [2.05, 4.69) is 4.72 Å². The van der Waals surface area contributed by atoms with Gasteiger partial charge in [-0.15, -0.1) is 0 Å². The number of aryl methyl sites for hydroxylation is 2. The van der Waals surface area contributed by atoms with Gasteiger partial charge in [-0.25, -0.2) is 21.6 Å². The lowest BCUT2D eigenvalue weighted by atomic mass is 10.1.